The average Bonchev–Trinajstić information content (AvgIpc) is 3.08. The molecule has 3 rings (SSSR count). The van der Waals surface area contributed by atoms with E-state index in [1.165, 1.54) is 18.4 Å². The van der Waals surface area contributed by atoms with E-state index in [0.717, 1.165) is 5.56 Å². The lowest BCUT2D eigenvalue weighted by molar-refractivity contribution is -0.115. The molecule has 2 aromatic rings. The zero-order chi connectivity index (χ0) is 14.7. The van der Waals surface area contributed by atoms with Crippen molar-refractivity contribution in [1.29, 1.82) is 0 Å². The Labute approximate surface area is 121 Å². The summed E-state index contributed by atoms with van der Waals surface area (Å²) in [6.07, 6.45) is 4.29. The van der Waals surface area contributed by atoms with Gasteiger partial charge in [-0.1, -0.05) is 12.1 Å². The molecule has 4 nitrogen and oxygen atoms in total. The summed E-state index contributed by atoms with van der Waals surface area (Å²) in [5.41, 5.74) is 1.19. The molecule has 1 aromatic heterocycles. The SMILES string of the molecule is O=C1NC(CCc2cccc(F)c2)=N/C1=C/c1ccco1. The van der Waals surface area contributed by atoms with Gasteiger partial charge >= 0.3 is 0 Å². The van der Waals surface area contributed by atoms with Crippen molar-refractivity contribution in [2.24, 2.45) is 4.99 Å². The van der Waals surface area contributed by atoms with Crippen molar-refractivity contribution in [2.75, 3.05) is 0 Å². The van der Waals surface area contributed by atoms with Gasteiger partial charge in [0.2, 0.25) is 0 Å². The van der Waals surface area contributed by atoms with Gasteiger partial charge in [0.25, 0.3) is 5.91 Å². The first-order valence-electron chi connectivity index (χ1n) is 6.59. The number of nitrogens with zero attached hydrogens (tertiary/aromatic N) is 1. The third kappa shape index (κ3) is 3.25. The van der Waals surface area contributed by atoms with E-state index < -0.39 is 0 Å². The number of carbonyl (C=O) groups excluding carboxylic acids is 1. The van der Waals surface area contributed by atoms with Gasteiger partial charge in [-0.25, -0.2) is 9.38 Å². The first-order valence-corrected chi connectivity index (χ1v) is 6.59. The molecule has 0 bridgehead atoms. The predicted molar refractivity (Wildman–Crippen MR) is 77.0 cm³/mol. The number of halogens is 1. The molecule has 0 saturated carbocycles. The Morgan fingerprint density at radius 2 is 2.14 bits per heavy atom. The fourth-order valence-electron chi connectivity index (χ4n) is 2.10. The first-order chi connectivity index (χ1) is 10.2. The summed E-state index contributed by atoms with van der Waals surface area (Å²) in [6.45, 7) is 0. The Morgan fingerprint density at radius 1 is 1.24 bits per heavy atom. The maximum atomic E-state index is 13.1. The fraction of sp³-hybridized carbons (Fsp3) is 0.125. The van der Waals surface area contributed by atoms with Gasteiger partial charge in [-0.05, 0) is 36.2 Å². The number of benzene rings is 1. The van der Waals surface area contributed by atoms with E-state index in [4.69, 9.17) is 4.42 Å². The number of carbonyl (C=O) groups is 1. The van der Waals surface area contributed by atoms with E-state index in [2.05, 4.69) is 10.3 Å². The molecule has 0 aliphatic carbocycles. The van der Waals surface area contributed by atoms with Crippen molar-refractivity contribution in [1.82, 2.24) is 5.32 Å². The van der Waals surface area contributed by atoms with Gasteiger partial charge in [-0.2, -0.15) is 0 Å². The van der Waals surface area contributed by atoms with Gasteiger partial charge in [0, 0.05) is 12.5 Å². The Bertz CT molecular complexity index is 718. The summed E-state index contributed by atoms with van der Waals surface area (Å²) in [4.78, 5) is 16.0. The van der Waals surface area contributed by atoms with E-state index in [-0.39, 0.29) is 11.7 Å². The summed E-state index contributed by atoms with van der Waals surface area (Å²) < 4.78 is 18.2. The molecule has 1 amide bonds. The van der Waals surface area contributed by atoms with Crippen LogP contribution in [0.4, 0.5) is 4.39 Å². The third-order valence-corrected chi connectivity index (χ3v) is 3.11. The Hall–Kier alpha value is -2.69. The van der Waals surface area contributed by atoms with Crippen molar-refractivity contribution < 1.29 is 13.6 Å². The highest BCUT2D eigenvalue weighted by atomic mass is 19.1. The summed E-state index contributed by atoms with van der Waals surface area (Å²) in [5.74, 6) is 0.654. The van der Waals surface area contributed by atoms with Crippen molar-refractivity contribution in [2.45, 2.75) is 12.8 Å². The Kier molecular flexibility index (Phi) is 3.64. The maximum absolute atomic E-state index is 13.1. The Morgan fingerprint density at radius 3 is 2.90 bits per heavy atom. The molecule has 0 unspecified atom stereocenters. The van der Waals surface area contributed by atoms with Crippen LogP contribution in [0.2, 0.25) is 0 Å². The summed E-state index contributed by atoms with van der Waals surface area (Å²) in [5, 5.41) is 2.71. The van der Waals surface area contributed by atoms with Gasteiger partial charge in [0.15, 0.2) is 0 Å². The quantitative estimate of drug-likeness (QED) is 0.878. The number of amidine groups is 1. The highest BCUT2D eigenvalue weighted by Gasteiger charge is 2.19. The molecule has 5 heteroatoms. The number of hydrogen-bond acceptors (Lipinski definition) is 3. The molecular formula is C16H13FN2O2. The van der Waals surface area contributed by atoms with Crippen LogP contribution in [-0.2, 0) is 11.2 Å². The zero-order valence-electron chi connectivity index (χ0n) is 11.2. The molecule has 1 N–H and O–H groups in total. The third-order valence-electron chi connectivity index (χ3n) is 3.11. The molecule has 0 radical (unpaired) electrons. The van der Waals surface area contributed by atoms with Crippen LogP contribution in [0.5, 0.6) is 0 Å². The smallest absolute Gasteiger partial charge is 0.275 e. The highest BCUT2D eigenvalue weighted by Crippen LogP contribution is 2.14. The molecule has 0 fully saturated rings. The van der Waals surface area contributed by atoms with E-state index in [9.17, 15) is 9.18 Å². The van der Waals surface area contributed by atoms with Crippen LogP contribution in [-0.4, -0.2) is 11.7 Å². The van der Waals surface area contributed by atoms with Crippen molar-refractivity contribution in [3.05, 3.63) is 65.5 Å². The minimum absolute atomic E-state index is 0.249. The van der Waals surface area contributed by atoms with Crippen molar-refractivity contribution in [3.63, 3.8) is 0 Å². The largest absolute Gasteiger partial charge is 0.465 e. The molecule has 0 atom stereocenters. The molecule has 1 aromatic carbocycles. The topological polar surface area (TPSA) is 54.6 Å². The molecule has 1 aliphatic heterocycles. The van der Waals surface area contributed by atoms with Crippen LogP contribution in [0.1, 0.15) is 17.7 Å². The lowest BCUT2D eigenvalue weighted by Crippen LogP contribution is -2.24. The van der Waals surface area contributed by atoms with Crippen LogP contribution in [0.15, 0.2) is 57.8 Å². The molecule has 1 aliphatic rings. The van der Waals surface area contributed by atoms with Gasteiger partial charge in [-0.15, -0.1) is 0 Å². The van der Waals surface area contributed by atoms with Crippen molar-refractivity contribution in [3.8, 4) is 0 Å². The minimum Gasteiger partial charge on any atom is -0.465 e. The van der Waals surface area contributed by atoms with Crippen LogP contribution in [0.3, 0.4) is 0 Å². The summed E-state index contributed by atoms with van der Waals surface area (Å²) in [6, 6.07) is 9.90. The van der Waals surface area contributed by atoms with E-state index >= 15 is 0 Å². The van der Waals surface area contributed by atoms with Crippen LogP contribution in [0.25, 0.3) is 6.08 Å². The molecule has 21 heavy (non-hydrogen) atoms. The van der Waals surface area contributed by atoms with Crippen molar-refractivity contribution >= 4 is 17.8 Å². The number of aliphatic imine (C=N–C) groups is 1. The second kappa shape index (κ2) is 5.75. The standard InChI is InChI=1S/C16H13FN2O2/c17-12-4-1-3-11(9-12)6-7-15-18-14(16(20)19-15)10-13-5-2-8-21-13/h1-5,8-10H,6-7H2,(H,18,19,20)/b14-10+. The maximum Gasteiger partial charge on any atom is 0.275 e. The molecule has 0 saturated heterocycles. The van der Waals surface area contributed by atoms with E-state index in [0.29, 0.717) is 30.1 Å². The summed E-state index contributed by atoms with van der Waals surface area (Å²) >= 11 is 0. The lowest BCUT2D eigenvalue weighted by atomic mass is 10.1. The summed E-state index contributed by atoms with van der Waals surface area (Å²) in [7, 11) is 0. The monoisotopic (exact) mass is 284 g/mol. The number of hydrogen-bond donors (Lipinski definition) is 1. The average molecular weight is 284 g/mol. The van der Waals surface area contributed by atoms with Crippen LogP contribution < -0.4 is 5.32 Å². The number of nitrogens with one attached hydrogen (secondary N) is 1. The molecule has 2 heterocycles. The highest BCUT2D eigenvalue weighted by molar-refractivity contribution is 6.14. The minimum atomic E-state index is -0.261. The lowest BCUT2D eigenvalue weighted by Gasteiger charge is -2.01. The normalized spacial score (nSPS) is 16.1. The van der Waals surface area contributed by atoms with E-state index in [1.54, 1.807) is 24.3 Å². The number of aryl methyl sites for hydroxylation is 1. The second-order valence-corrected chi connectivity index (χ2v) is 4.69. The zero-order valence-corrected chi connectivity index (χ0v) is 11.2. The first kappa shape index (κ1) is 13.3. The second-order valence-electron chi connectivity index (χ2n) is 4.69. The van der Waals surface area contributed by atoms with Gasteiger partial charge in [0.1, 0.15) is 23.1 Å². The van der Waals surface area contributed by atoms with Gasteiger partial charge in [-0.3, -0.25) is 4.79 Å². The van der Waals surface area contributed by atoms with Crippen LogP contribution >= 0.6 is 0 Å². The number of rotatable bonds is 4. The van der Waals surface area contributed by atoms with E-state index in [1.807, 2.05) is 6.07 Å². The van der Waals surface area contributed by atoms with Gasteiger partial charge in [0.05, 0.1) is 6.26 Å². The predicted octanol–water partition coefficient (Wildman–Crippen LogP) is 2.92. The molecular weight excluding hydrogens is 271 g/mol. The van der Waals surface area contributed by atoms with Gasteiger partial charge < -0.3 is 9.73 Å². The molecule has 0 spiro atoms. The Balaban J connectivity index is 1.68. The van der Waals surface area contributed by atoms with Crippen LogP contribution in [0, 0.1) is 5.82 Å². The molecule has 106 valence electrons. The number of amides is 1. The fourth-order valence-corrected chi connectivity index (χ4v) is 2.10. The number of furan rings is 1.